The van der Waals surface area contributed by atoms with Crippen molar-refractivity contribution in [1.29, 1.82) is 0 Å². The number of methoxy groups -OCH3 is 1. The Bertz CT molecular complexity index is 427. The number of rotatable bonds is 4. The highest BCUT2D eigenvalue weighted by atomic mass is 16.5. The minimum absolute atomic E-state index is 0.295. The van der Waals surface area contributed by atoms with Crippen LogP contribution in [0.3, 0.4) is 0 Å². The van der Waals surface area contributed by atoms with Crippen LogP contribution in [0.1, 0.15) is 24.0 Å². The van der Waals surface area contributed by atoms with Gasteiger partial charge in [-0.25, -0.2) is 0 Å². The van der Waals surface area contributed by atoms with E-state index in [1.165, 1.54) is 11.1 Å². The molecule has 1 aromatic carbocycles. The van der Waals surface area contributed by atoms with Crippen LogP contribution in [0.15, 0.2) is 18.2 Å². The lowest BCUT2D eigenvalue weighted by molar-refractivity contribution is 0.0151. The van der Waals surface area contributed by atoms with Crippen molar-refractivity contribution in [3.63, 3.8) is 0 Å². The van der Waals surface area contributed by atoms with Crippen molar-refractivity contribution in [1.82, 2.24) is 5.32 Å². The first-order chi connectivity index (χ1) is 8.74. The first kappa shape index (κ1) is 12.0. The van der Waals surface area contributed by atoms with Gasteiger partial charge in [0.15, 0.2) is 0 Å². The van der Waals surface area contributed by atoms with Gasteiger partial charge in [0.1, 0.15) is 11.9 Å². The summed E-state index contributed by atoms with van der Waals surface area (Å²) >= 11 is 0. The van der Waals surface area contributed by atoms with Crippen LogP contribution in [-0.4, -0.2) is 31.9 Å². The second-order valence-corrected chi connectivity index (χ2v) is 5.49. The van der Waals surface area contributed by atoms with Crippen LogP contribution in [-0.2, 0) is 11.2 Å². The van der Waals surface area contributed by atoms with Gasteiger partial charge in [0, 0.05) is 26.1 Å². The van der Waals surface area contributed by atoms with Gasteiger partial charge < -0.3 is 14.8 Å². The van der Waals surface area contributed by atoms with Gasteiger partial charge >= 0.3 is 0 Å². The summed E-state index contributed by atoms with van der Waals surface area (Å²) in [6, 6.07) is 7.06. The maximum absolute atomic E-state index is 5.94. The van der Waals surface area contributed by atoms with Gasteiger partial charge in [-0.2, -0.15) is 0 Å². The van der Waals surface area contributed by atoms with Gasteiger partial charge in [-0.3, -0.25) is 0 Å². The van der Waals surface area contributed by atoms with Gasteiger partial charge in [0.05, 0.1) is 6.10 Å². The molecule has 0 spiro atoms. The van der Waals surface area contributed by atoms with E-state index in [1.54, 1.807) is 7.11 Å². The highest BCUT2D eigenvalue weighted by Crippen LogP contribution is 2.29. The Morgan fingerprint density at radius 2 is 2.22 bits per heavy atom. The zero-order chi connectivity index (χ0) is 12.5. The molecule has 1 aliphatic carbocycles. The summed E-state index contributed by atoms with van der Waals surface area (Å²) in [5, 5.41) is 3.57. The number of benzene rings is 1. The fourth-order valence-corrected chi connectivity index (χ4v) is 2.79. The molecule has 0 amide bonds. The second kappa shape index (κ2) is 4.90. The summed E-state index contributed by atoms with van der Waals surface area (Å²) < 4.78 is 11.2. The van der Waals surface area contributed by atoms with Crippen molar-refractivity contribution in [2.45, 2.75) is 44.4 Å². The van der Waals surface area contributed by atoms with Crippen LogP contribution in [0.25, 0.3) is 0 Å². The molecule has 3 nitrogen and oxygen atoms in total. The average molecular weight is 247 g/mol. The minimum Gasteiger partial charge on any atom is -0.488 e. The summed E-state index contributed by atoms with van der Waals surface area (Å²) in [6.07, 6.45) is 4.06. The van der Waals surface area contributed by atoms with Crippen LogP contribution in [0.2, 0.25) is 0 Å². The molecule has 3 heteroatoms. The quantitative estimate of drug-likeness (QED) is 0.883. The van der Waals surface area contributed by atoms with Crippen LogP contribution >= 0.6 is 0 Å². The van der Waals surface area contributed by atoms with E-state index in [2.05, 4.69) is 30.4 Å². The number of nitrogens with one attached hydrogen (secondary N) is 1. The van der Waals surface area contributed by atoms with Crippen LogP contribution in [0, 0.1) is 6.92 Å². The fraction of sp³-hybridized carbons (Fsp3) is 0.600. The summed E-state index contributed by atoms with van der Waals surface area (Å²) in [6.45, 7) is 3.07. The van der Waals surface area contributed by atoms with E-state index in [1.807, 2.05) is 0 Å². The topological polar surface area (TPSA) is 30.5 Å². The lowest BCUT2D eigenvalue weighted by atomic mass is 9.89. The largest absolute Gasteiger partial charge is 0.488 e. The molecule has 0 saturated heterocycles. The SMILES string of the molecule is COC1CC(NCC2Cc3cc(C)ccc3O2)C1. The van der Waals surface area contributed by atoms with Crippen LogP contribution in [0.5, 0.6) is 5.75 Å². The fourth-order valence-electron chi connectivity index (χ4n) is 2.79. The maximum Gasteiger partial charge on any atom is 0.123 e. The number of hydrogen-bond acceptors (Lipinski definition) is 3. The molecule has 0 aromatic heterocycles. The third-order valence-corrected chi connectivity index (χ3v) is 4.02. The summed E-state index contributed by atoms with van der Waals surface area (Å²) in [7, 11) is 1.79. The Hall–Kier alpha value is -1.06. The third-order valence-electron chi connectivity index (χ3n) is 4.02. The van der Waals surface area contributed by atoms with Gasteiger partial charge in [-0.05, 0) is 31.4 Å². The van der Waals surface area contributed by atoms with Gasteiger partial charge in [0.2, 0.25) is 0 Å². The van der Waals surface area contributed by atoms with Crippen molar-refractivity contribution in [3.8, 4) is 5.75 Å². The predicted molar refractivity (Wildman–Crippen MR) is 71.1 cm³/mol. The van der Waals surface area contributed by atoms with E-state index in [-0.39, 0.29) is 0 Å². The number of aryl methyl sites for hydroxylation is 1. The van der Waals surface area contributed by atoms with Crippen LogP contribution < -0.4 is 10.1 Å². The Morgan fingerprint density at radius 1 is 1.39 bits per heavy atom. The van der Waals surface area contributed by atoms with E-state index in [4.69, 9.17) is 9.47 Å². The molecule has 1 N–H and O–H groups in total. The molecule has 1 heterocycles. The maximum atomic E-state index is 5.94. The summed E-state index contributed by atoms with van der Waals surface area (Å²) in [4.78, 5) is 0. The molecule has 1 fully saturated rings. The van der Waals surface area contributed by atoms with Crippen molar-refractivity contribution in [3.05, 3.63) is 29.3 Å². The number of hydrogen-bond donors (Lipinski definition) is 1. The van der Waals surface area contributed by atoms with E-state index < -0.39 is 0 Å². The molecule has 1 aliphatic heterocycles. The molecule has 1 saturated carbocycles. The smallest absolute Gasteiger partial charge is 0.123 e. The average Bonchev–Trinajstić information content (AvgIpc) is 2.69. The van der Waals surface area contributed by atoms with Crippen molar-refractivity contribution in [2.75, 3.05) is 13.7 Å². The van der Waals surface area contributed by atoms with Gasteiger partial charge in [-0.1, -0.05) is 17.7 Å². The lowest BCUT2D eigenvalue weighted by Gasteiger charge is -2.35. The van der Waals surface area contributed by atoms with Crippen LogP contribution in [0.4, 0.5) is 0 Å². The van der Waals surface area contributed by atoms with E-state index >= 15 is 0 Å². The normalized spacial score (nSPS) is 29.6. The molecule has 0 bridgehead atoms. The highest BCUT2D eigenvalue weighted by Gasteiger charge is 2.30. The summed E-state index contributed by atoms with van der Waals surface area (Å²) in [5.74, 6) is 1.07. The molecular weight excluding hydrogens is 226 g/mol. The molecule has 2 aliphatic rings. The Labute approximate surface area is 108 Å². The first-order valence-corrected chi connectivity index (χ1v) is 6.77. The number of ether oxygens (including phenoxy) is 2. The van der Waals surface area contributed by atoms with E-state index in [0.29, 0.717) is 18.2 Å². The molecule has 1 atom stereocenters. The van der Waals surface area contributed by atoms with E-state index in [0.717, 1.165) is 31.6 Å². The molecule has 0 radical (unpaired) electrons. The van der Waals surface area contributed by atoms with Crippen molar-refractivity contribution >= 4 is 0 Å². The van der Waals surface area contributed by atoms with E-state index in [9.17, 15) is 0 Å². The Kier molecular flexibility index (Phi) is 3.27. The molecule has 98 valence electrons. The predicted octanol–water partition coefficient (Wildman–Crippen LogP) is 2.07. The van der Waals surface area contributed by atoms with Crippen molar-refractivity contribution < 1.29 is 9.47 Å². The molecule has 1 aromatic rings. The standard InChI is InChI=1S/C15H21NO2/c1-10-3-4-15-11(5-10)6-14(18-15)9-16-12-7-13(8-12)17-2/h3-5,12-14,16H,6-9H2,1-2H3. The first-order valence-electron chi connectivity index (χ1n) is 6.77. The third kappa shape index (κ3) is 2.38. The number of fused-ring (bicyclic) bond motifs is 1. The Morgan fingerprint density at radius 3 is 3.00 bits per heavy atom. The van der Waals surface area contributed by atoms with Gasteiger partial charge in [-0.15, -0.1) is 0 Å². The molecular formula is C15H21NO2. The minimum atomic E-state index is 0.295. The second-order valence-electron chi connectivity index (χ2n) is 5.49. The molecule has 1 unspecified atom stereocenters. The van der Waals surface area contributed by atoms with Crippen molar-refractivity contribution in [2.24, 2.45) is 0 Å². The zero-order valence-corrected chi connectivity index (χ0v) is 11.1. The molecule has 3 rings (SSSR count). The van der Waals surface area contributed by atoms with Gasteiger partial charge in [0.25, 0.3) is 0 Å². The lowest BCUT2D eigenvalue weighted by Crippen LogP contribution is -2.47. The Balaban J connectivity index is 1.47. The monoisotopic (exact) mass is 247 g/mol. The zero-order valence-electron chi connectivity index (χ0n) is 11.1. The summed E-state index contributed by atoms with van der Waals surface area (Å²) in [5.41, 5.74) is 2.66. The highest BCUT2D eigenvalue weighted by molar-refractivity contribution is 5.40. The molecule has 18 heavy (non-hydrogen) atoms.